The Bertz CT molecular complexity index is 1180. The summed E-state index contributed by atoms with van der Waals surface area (Å²) in [6.07, 6.45) is 7.29. The van der Waals surface area contributed by atoms with E-state index in [2.05, 4.69) is 43.1 Å². The number of H-pyrrole nitrogens is 2. The molecule has 0 saturated heterocycles. The lowest BCUT2D eigenvalue weighted by Crippen LogP contribution is -1.87. The average Bonchev–Trinajstić information content (AvgIpc) is 3.25. The summed E-state index contributed by atoms with van der Waals surface area (Å²) in [6.45, 7) is 2.07. The second-order valence-electron chi connectivity index (χ2n) is 6.00. The summed E-state index contributed by atoms with van der Waals surface area (Å²) in [6, 6.07) is 10.0. The predicted molar refractivity (Wildman–Crippen MR) is 96.9 cm³/mol. The van der Waals surface area contributed by atoms with Gasteiger partial charge in [-0.05, 0) is 42.8 Å². The van der Waals surface area contributed by atoms with Gasteiger partial charge < -0.3 is 4.98 Å². The van der Waals surface area contributed by atoms with Crippen LogP contribution in [0.4, 0.5) is 0 Å². The average molecular weight is 326 g/mol. The minimum Gasteiger partial charge on any atom is -0.352 e. The highest BCUT2D eigenvalue weighted by atomic mass is 15.2. The lowest BCUT2D eigenvalue weighted by Gasteiger charge is -2.04. The number of nitrogens with zero attached hydrogens (tertiary/aromatic N) is 4. The van der Waals surface area contributed by atoms with Crippen LogP contribution >= 0.6 is 0 Å². The number of aromatic amines is 2. The molecule has 0 aliphatic rings. The van der Waals surface area contributed by atoms with Crippen LogP contribution in [0, 0.1) is 6.92 Å². The molecule has 0 fully saturated rings. The van der Waals surface area contributed by atoms with Crippen molar-refractivity contribution in [3.63, 3.8) is 0 Å². The van der Waals surface area contributed by atoms with Crippen LogP contribution in [0.15, 0.2) is 55.1 Å². The fourth-order valence-corrected chi connectivity index (χ4v) is 3.11. The van der Waals surface area contributed by atoms with Gasteiger partial charge in [0.25, 0.3) is 0 Å². The Hall–Kier alpha value is -3.54. The van der Waals surface area contributed by atoms with E-state index in [9.17, 15) is 0 Å². The molecule has 2 N–H and O–H groups in total. The van der Waals surface area contributed by atoms with E-state index in [1.54, 1.807) is 12.4 Å². The van der Waals surface area contributed by atoms with Crippen molar-refractivity contribution in [2.75, 3.05) is 0 Å². The van der Waals surface area contributed by atoms with Gasteiger partial charge in [0.15, 0.2) is 5.65 Å². The van der Waals surface area contributed by atoms with Gasteiger partial charge >= 0.3 is 0 Å². The van der Waals surface area contributed by atoms with Crippen LogP contribution in [0.5, 0.6) is 0 Å². The normalized spacial score (nSPS) is 11.4. The van der Waals surface area contributed by atoms with Gasteiger partial charge in [-0.3, -0.25) is 15.1 Å². The molecule has 0 radical (unpaired) electrons. The van der Waals surface area contributed by atoms with Crippen molar-refractivity contribution in [1.29, 1.82) is 0 Å². The van der Waals surface area contributed by atoms with E-state index in [1.807, 2.05) is 36.7 Å². The minimum absolute atomic E-state index is 0.687. The SMILES string of the molecule is Cc1ccncc1-c1cnc2n[nH]c(-c3cc4ncccc4[nH]3)c2c1. The number of hydrogen-bond acceptors (Lipinski definition) is 4. The zero-order valence-electron chi connectivity index (χ0n) is 13.5. The second-order valence-corrected chi connectivity index (χ2v) is 6.00. The van der Waals surface area contributed by atoms with E-state index in [-0.39, 0.29) is 0 Å². The Morgan fingerprint density at radius 1 is 1.00 bits per heavy atom. The number of pyridine rings is 3. The first-order valence-corrected chi connectivity index (χ1v) is 7.99. The molecule has 6 nitrogen and oxygen atoms in total. The molecular formula is C19H14N6. The molecule has 0 unspecified atom stereocenters. The van der Waals surface area contributed by atoms with Crippen molar-refractivity contribution in [3.05, 3.63) is 60.7 Å². The molecule has 0 aromatic carbocycles. The molecule has 0 spiro atoms. The Morgan fingerprint density at radius 3 is 2.84 bits per heavy atom. The summed E-state index contributed by atoms with van der Waals surface area (Å²) in [5, 5.41) is 8.39. The molecule has 5 aromatic heterocycles. The first kappa shape index (κ1) is 13.9. The van der Waals surface area contributed by atoms with Crippen LogP contribution in [-0.2, 0) is 0 Å². The number of rotatable bonds is 2. The lowest BCUT2D eigenvalue weighted by molar-refractivity contribution is 1.10. The van der Waals surface area contributed by atoms with Crippen molar-refractivity contribution >= 4 is 22.1 Å². The van der Waals surface area contributed by atoms with Gasteiger partial charge in [0, 0.05) is 41.3 Å². The van der Waals surface area contributed by atoms with Crippen molar-refractivity contribution < 1.29 is 0 Å². The summed E-state index contributed by atoms with van der Waals surface area (Å²) in [4.78, 5) is 16.5. The summed E-state index contributed by atoms with van der Waals surface area (Å²) in [5.41, 5.74) is 7.71. The fraction of sp³-hybridized carbons (Fsp3) is 0.0526. The molecule has 120 valence electrons. The lowest BCUT2D eigenvalue weighted by atomic mass is 10.0. The molecule has 0 atom stereocenters. The van der Waals surface area contributed by atoms with E-state index in [4.69, 9.17) is 0 Å². The first-order valence-electron chi connectivity index (χ1n) is 7.99. The van der Waals surface area contributed by atoms with Gasteiger partial charge in [-0.2, -0.15) is 5.10 Å². The van der Waals surface area contributed by atoms with Crippen molar-refractivity contribution in [2.24, 2.45) is 0 Å². The van der Waals surface area contributed by atoms with E-state index in [0.717, 1.165) is 44.5 Å². The Labute approximate surface area is 143 Å². The molecule has 0 bridgehead atoms. The highest BCUT2D eigenvalue weighted by Gasteiger charge is 2.13. The Morgan fingerprint density at radius 2 is 1.96 bits per heavy atom. The third-order valence-electron chi connectivity index (χ3n) is 4.42. The summed E-state index contributed by atoms with van der Waals surface area (Å²) >= 11 is 0. The van der Waals surface area contributed by atoms with Gasteiger partial charge in [-0.25, -0.2) is 4.98 Å². The third-order valence-corrected chi connectivity index (χ3v) is 4.42. The predicted octanol–water partition coefficient (Wildman–Crippen LogP) is 3.87. The zero-order valence-corrected chi connectivity index (χ0v) is 13.5. The van der Waals surface area contributed by atoms with E-state index in [0.29, 0.717) is 5.65 Å². The van der Waals surface area contributed by atoms with Crippen LogP contribution in [0.2, 0.25) is 0 Å². The van der Waals surface area contributed by atoms with Crippen molar-refractivity contribution in [3.8, 4) is 22.5 Å². The largest absolute Gasteiger partial charge is 0.352 e. The first-order chi connectivity index (χ1) is 12.3. The number of fused-ring (bicyclic) bond motifs is 2. The van der Waals surface area contributed by atoms with Crippen LogP contribution in [0.25, 0.3) is 44.6 Å². The second kappa shape index (κ2) is 5.24. The molecule has 0 aliphatic heterocycles. The molecule has 5 aromatic rings. The molecule has 25 heavy (non-hydrogen) atoms. The van der Waals surface area contributed by atoms with E-state index in [1.165, 1.54) is 0 Å². The molecule has 0 amide bonds. The minimum atomic E-state index is 0.687. The summed E-state index contributed by atoms with van der Waals surface area (Å²) in [7, 11) is 0. The number of hydrogen-bond donors (Lipinski definition) is 2. The Balaban J connectivity index is 1.71. The third kappa shape index (κ3) is 2.19. The number of nitrogens with one attached hydrogen (secondary N) is 2. The highest BCUT2D eigenvalue weighted by Crippen LogP contribution is 2.30. The van der Waals surface area contributed by atoms with Crippen LogP contribution in [-0.4, -0.2) is 30.1 Å². The zero-order chi connectivity index (χ0) is 16.8. The summed E-state index contributed by atoms with van der Waals surface area (Å²) in [5.74, 6) is 0. The molecule has 0 aliphatic carbocycles. The van der Waals surface area contributed by atoms with Crippen LogP contribution in [0.1, 0.15) is 5.56 Å². The Kier molecular flexibility index (Phi) is 2.90. The van der Waals surface area contributed by atoms with Gasteiger partial charge in [-0.1, -0.05) is 0 Å². The molecular weight excluding hydrogens is 312 g/mol. The quantitative estimate of drug-likeness (QED) is 0.516. The monoisotopic (exact) mass is 326 g/mol. The molecule has 0 saturated carbocycles. The van der Waals surface area contributed by atoms with E-state index >= 15 is 0 Å². The van der Waals surface area contributed by atoms with Crippen molar-refractivity contribution in [2.45, 2.75) is 6.92 Å². The number of aryl methyl sites for hydroxylation is 1. The van der Waals surface area contributed by atoms with Crippen LogP contribution < -0.4 is 0 Å². The topological polar surface area (TPSA) is 83.1 Å². The fourth-order valence-electron chi connectivity index (χ4n) is 3.11. The van der Waals surface area contributed by atoms with Gasteiger partial charge in [0.2, 0.25) is 0 Å². The maximum absolute atomic E-state index is 4.50. The standard InChI is InChI=1S/C19H14N6/c1-11-4-6-20-10-14(11)12-7-13-18(24-25-19(13)22-9-12)17-8-16-15(23-17)3-2-5-21-16/h2-10,23H,1H3,(H,22,24,25). The highest BCUT2D eigenvalue weighted by molar-refractivity contribution is 5.95. The van der Waals surface area contributed by atoms with Gasteiger partial charge in [0.05, 0.1) is 22.4 Å². The van der Waals surface area contributed by atoms with Gasteiger partial charge in [-0.15, -0.1) is 0 Å². The smallest absolute Gasteiger partial charge is 0.181 e. The molecule has 5 heterocycles. The van der Waals surface area contributed by atoms with Gasteiger partial charge in [0.1, 0.15) is 0 Å². The van der Waals surface area contributed by atoms with Crippen molar-refractivity contribution in [1.82, 2.24) is 30.1 Å². The van der Waals surface area contributed by atoms with E-state index < -0.39 is 0 Å². The number of aromatic nitrogens is 6. The summed E-state index contributed by atoms with van der Waals surface area (Å²) < 4.78 is 0. The maximum Gasteiger partial charge on any atom is 0.181 e. The molecule has 5 rings (SSSR count). The molecule has 6 heteroatoms. The van der Waals surface area contributed by atoms with Crippen LogP contribution in [0.3, 0.4) is 0 Å². The maximum atomic E-state index is 4.50.